The van der Waals surface area contributed by atoms with Crippen molar-refractivity contribution in [3.63, 3.8) is 0 Å². The van der Waals surface area contributed by atoms with Crippen LogP contribution in [0.1, 0.15) is 59.0 Å². The van der Waals surface area contributed by atoms with Crippen LogP contribution in [0.25, 0.3) is 0 Å². The van der Waals surface area contributed by atoms with Gasteiger partial charge in [0.1, 0.15) is 23.0 Å². The maximum atomic E-state index is 13.9. The number of Topliss-reactive ketones (excluding diaryl/α,β-unsaturated/α-hetero) is 1. The van der Waals surface area contributed by atoms with Crippen LogP contribution in [0.15, 0.2) is 21.3 Å². The molecule has 1 aromatic heterocycles. The molecule has 9 heteroatoms. The van der Waals surface area contributed by atoms with Crippen molar-refractivity contribution in [3.8, 4) is 17.2 Å². The van der Waals surface area contributed by atoms with Crippen LogP contribution in [-0.2, 0) is 23.2 Å². The zero-order valence-corrected chi connectivity index (χ0v) is 18.8. The second-order valence-corrected chi connectivity index (χ2v) is 8.82. The summed E-state index contributed by atoms with van der Waals surface area (Å²) in [6, 6.07) is 2.62. The number of phenols is 1. The minimum absolute atomic E-state index is 0.0355. The number of benzene rings is 1. The lowest BCUT2D eigenvalue weighted by molar-refractivity contribution is -0.309. The summed E-state index contributed by atoms with van der Waals surface area (Å²) in [5.74, 6) is -4.65. The highest BCUT2D eigenvalue weighted by Crippen LogP contribution is 2.64. The Labute approximate surface area is 189 Å². The third-order valence-electron chi connectivity index (χ3n) is 7.43. The quantitative estimate of drug-likeness (QED) is 0.626. The van der Waals surface area contributed by atoms with Gasteiger partial charge in [0.15, 0.2) is 11.4 Å². The van der Waals surface area contributed by atoms with Gasteiger partial charge in [0.25, 0.3) is 0 Å². The van der Waals surface area contributed by atoms with E-state index in [-0.39, 0.29) is 40.6 Å². The first-order valence-electron chi connectivity index (χ1n) is 11.0. The molecule has 2 heterocycles. The van der Waals surface area contributed by atoms with Crippen molar-refractivity contribution in [1.29, 1.82) is 0 Å². The monoisotopic (exact) mass is 458 g/mol. The Morgan fingerprint density at radius 2 is 1.82 bits per heavy atom. The molecular formula is C24H26O9. The minimum Gasteiger partial charge on any atom is -0.507 e. The van der Waals surface area contributed by atoms with Gasteiger partial charge in [-0.15, -0.1) is 0 Å². The van der Waals surface area contributed by atoms with Crippen LogP contribution in [0.5, 0.6) is 17.2 Å². The van der Waals surface area contributed by atoms with E-state index in [1.54, 1.807) is 0 Å². The maximum absolute atomic E-state index is 13.9. The van der Waals surface area contributed by atoms with Gasteiger partial charge >= 0.3 is 5.63 Å². The molecule has 4 bridgehead atoms. The van der Waals surface area contributed by atoms with Gasteiger partial charge in [-0.2, -0.15) is 0 Å². The van der Waals surface area contributed by atoms with Crippen molar-refractivity contribution < 1.29 is 38.7 Å². The Bertz CT molecular complexity index is 1230. The van der Waals surface area contributed by atoms with E-state index in [9.17, 15) is 24.9 Å². The zero-order chi connectivity index (χ0) is 23.9. The number of aromatic hydroxyl groups is 1. The molecule has 3 aliphatic rings. The number of rotatable bonds is 4. The van der Waals surface area contributed by atoms with Crippen LogP contribution < -0.4 is 15.1 Å². The highest BCUT2D eigenvalue weighted by Gasteiger charge is 2.73. The van der Waals surface area contributed by atoms with Crippen LogP contribution in [0.2, 0.25) is 0 Å². The van der Waals surface area contributed by atoms with Gasteiger partial charge in [0.05, 0.1) is 37.9 Å². The lowest BCUT2D eigenvalue weighted by Crippen LogP contribution is -2.61. The first-order valence-corrected chi connectivity index (χ1v) is 11.0. The molecule has 0 saturated carbocycles. The number of carbonyl (C=O) groups is 1. The number of hydrogen-bond donors (Lipinski definition) is 3. The van der Waals surface area contributed by atoms with Crippen molar-refractivity contribution in [2.75, 3.05) is 14.2 Å². The fourth-order valence-corrected chi connectivity index (χ4v) is 5.99. The number of carbonyl (C=O) groups excluding carboxylic acids is 1. The first-order chi connectivity index (χ1) is 15.7. The average Bonchev–Trinajstić information content (AvgIpc) is 3.07. The van der Waals surface area contributed by atoms with Crippen LogP contribution >= 0.6 is 0 Å². The van der Waals surface area contributed by atoms with Gasteiger partial charge in [-0.1, -0.05) is 13.8 Å². The number of fused-ring (bicyclic) bond motifs is 4. The van der Waals surface area contributed by atoms with Gasteiger partial charge in [0.2, 0.25) is 5.79 Å². The fourth-order valence-electron chi connectivity index (χ4n) is 5.99. The molecule has 0 radical (unpaired) electrons. The predicted octanol–water partition coefficient (Wildman–Crippen LogP) is 1.76. The number of aliphatic hydroxyl groups is 2. The van der Waals surface area contributed by atoms with E-state index in [1.807, 2.05) is 13.8 Å². The molecule has 1 aromatic carbocycles. The lowest BCUT2D eigenvalue weighted by atomic mass is 9.64. The van der Waals surface area contributed by atoms with Gasteiger partial charge in [0, 0.05) is 29.0 Å². The van der Waals surface area contributed by atoms with E-state index in [0.29, 0.717) is 24.0 Å². The average molecular weight is 458 g/mol. The second kappa shape index (κ2) is 7.06. The Kier molecular flexibility index (Phi) is 4.69. The molecule has 1 saturated heterocycles. The second-order valence-electron chi connectivity index (χ2n) is 8.82. The summed E-state index contributed by atoms with van der Waals surface area (Å²) in [7, 11) is 2.80. The van der Waals surface area contributed by atoms with Crippen molar-refractivity contribution >= 4 is 5.78 Å². The molecule has 9 nitrogen and oxygen atoms in total. The molecule has 176 valence electrons. The normalized spacial score (nSPS) is 31.6. The van der Waals surface area contributed by atoms with Crippen molar-refractivity contribution in [2.24, 2.45) is 5.92 Å². The molecule has 0 amide bonds. The first kappa shape index (κ1) is 21.9. The topological polar surface area (TPSA) is 136 Å². The Morgan fingerprint density at radius 1 is 1.12 bits per heavy atom. The Morgan fingerprint density at radius 3 is 2.42 bits per heavy atom. The summed E-state index contributed by atoms with van der Waals surface area (Å²) < 4.78 is 22.4. The molecule has 33 heavy (non-hydrogen) atoms. The fraction of sp³-hybridized carbons (Fsp3) is 0.500. The summed E-state index contributed by atoms with van der Waals surface area (Å²) in [4.78, 5) is 26.2. The van der Waals surface area contributed by atoms with E-state index in [4.69, 9.17) is 18.6 Å². The molecule has 2 aliphatic carbocycles. The number of hydrogen-bond acceptors (Lipinski definition) is 9. The van der Waals surface area contributed by atoms with E-state index in [2.05, 4.69) is 0 Å². The number of phenolic OH excluding ortho intramolecular Hbond substituents is 1. The highest BCUT2D eigenvalue weighted by molar-refractivity contribution is 6.06. The van der Waals surface area contributed by atoms with Crippen LogP contribution in [-0.4, -0.2) is 47.2 Å². The summed E-state index contributed by atoms with van der Waals surface area (Å²) in [5.41, 5.74) is -2.19. The van der Waals surface area contributed by atoms with Crippen LogP contribution in [0, 0.1) is 5.92 Å². The minimum atomic E-state index is -2.32. The molecule has 1 aliphatic heterocycles. The van der Waals surface area contributed by atoms with Gasteiger partial charge in [-0.25, -0.2) is 4.79 Å². The van der Waals surface area contributed by atoms with E-state index in [0.717, 1.165) is 0 Å². The smallest absolute Gasteiger partial charge is 0.339 e. The SMILES string of the molecule is CCc1c(OC)cc2c(c1O)C(=O)[C@H]1[C@H]3c4c(OC)cc(=O)oc4C[C@]2(O)[C@]1(O)O[C@H]3CC. The molecule has 1 fully saturated rings. The molecule has 5 rings (SSSR count). The highest BCUT2D eigenvalue weighted by atomic mass is 16.7. The summed E-state index contributed by atoms with van der Waals surface area (Å²) in [6.45, 7) is 3.64. The predicted molar refractivity (Wildman–Crippen MR) is 114 cm³/mol. The van der Waals surface area contributed by atoms with Crippen molar-refractivity contribution in [3.05, 3.63) is 50.6 Å². The number of ketones is 1. The van der Waals surface area contributed by atoms with Gasteiger partial charge in [-0.05, 0) is 18.9 Å². The Balaban J connectivity index is 1.92. The summed E-state index contributed by atoms with van der Waals surface area (Å²) >= 11 is 0. The van der Waals surface area contributed by atoms with E-state index >= 15 is 0 Å². The largest absolute Gasteiger partial charge is 0.507 e. The molecule has 2 aromatic rings. The van der Waals surface area contributed by atoms with E-state index in [1.165, 1.54) is 26.4 Å². The van der Waals surface area contributed by atoms with E-state index < -0.39 is 40.7 Å². The molecule has 0 unspecified atom stereocenters. The van der Waals surface area contributed by atoms with Gasteiger partial charge in [-0.3, -0.25) is 4.79 Å². The molecule has 3 N–H and O–H groups in total. The molecule has 5 atom stereocenters. The lowest BCUT2D eigenvalue weighted by Gasteiger charge is -2.47. The molecule has 0 spiro atoms. The zero-order valence-electron chi connectivity index (χ0n) is 18.8. The number of ether oxygens (including phenoxy) is 3. The number of methoxy groups -OCH3 is 2. The van der Waals surface area contributed by atoms with Crippen molar-refractivity contribution in [2.45, 2.75) is 56.5 Å². The summed E-state index contributed by atoms with van der Waals surface area (Å²) in [6.07, 6.45) is -0.271. The Hall–Kier alpha value is -2.88. The van der Waals surface area contributed by atoms with Gasteiger partial charge < -0.3 is 33.9 Å². The van der Waals surface area contributed by atoms with Crippen LogP contribution in [0.3, 0.4) is 0 Å². The molecular weight excluding hydrogens is 432 g/mol. The van der Waals surface area contributed by atoms with Crippen LogP contribution in [0.4, 0.5) is 0 Å². The standard InChI is InChI=1S/C24H26O9/c1-5-10-13(30-3)7-11-17(21(10)26)22(27)20-19-12(6-2)33-24(20,29)23(11,28)9-15-18(19)14(31-4)8-16(25)32-15/h7-8,12,19-20,26,28-29H,5-6,9H2,1-4H3/t12-,19+,20+,23+,24+/m0/s1. The third kappa shape index (κ3) is 2.52. The summed E-state index contributed by atoms with van der Waals surface area (Å²) in [5, 5.41) is 35.1. The van der Waals surface area contributed by atoms with Crippen molar-refractivity contribution in [1.82, 2.24) is 0 Å². The maximum Gasteiger partial charge on any atom is 0.339 e. The third-order valence-corrected chi connectivity index (χ3v) is 7.43.